The Morgan fingerprint density at radius 2 is 1.81 bits per heavy atom. The largest absolute Gasteiger partial charge is 0.494 e. The lowest BCUT2D eigenvalue weighted by atomic mass is 10.2. The molecular weight excluding hydrogens is 466 g/mol. The van der Waals surface area contributed by atoms with Gasteiger partial charge >= 0.3 is 0 Å². The molecule has 0 N–H and O–H groups in total. The van der Waals surface area contributed by atoms with Gasteiger partial charge in [0.2, 0.25) is 0 Å². The van der Waals surface area contributed by atoms with E-state index < -0.39 is 9.84 Å². The van der Waals surface area contributed by atoms with E-state index in [-0.39, 0.29) is 10.6 Å². The van der Waals surface area contributed by atoms with Crippen LogP contribution in [0.15, 0.2) is 71.2 Å². The first kappa shape index (κ1) is 24.4. The highest BCUT2D eigenvalue weighted by Gasteiger charge is 2.21. The molecule has 1 heterocycles. The molecule has 0 atom stereocenters. The van der Waals surface area contributed by atoms with E-state index in [9.17, 15) is 8.42 Å². The molecule has 1 aromatic heterocycles. The number of rotatable bonds is 12. The fraction of sp³-hybridized carbons (Fsp3) is 0.304. The minimum Gasteiger partial charge on any atom is -0.494 e. The van der Waals surface area contributed by atoms with Gasteiger partial charge in [-0.25, -0.2) is 8.42 Å². The summed E-state index contributed by atoms with van der Waals surface area (Å²) < 4.78 is 33.1. The molecule has 3 aromatic rings. The van der Waals surface area contributed by atoms with Gasteiger partial charge in [0.05, 0.1) is 11.5 Å². The summed E-state index contributed by atoms with van der Waals surface area (Å²) in [5.74, 6) is 1.84. The Hall–Kier alpha value is -2.29. The smallest absolute Gasteiger partial charge is 0.191 e. The molecule has 0 bridgehead atoms. The van der Waals surface area contributed by atoms with Crippen molar-refractivity contribution in [2.45, 2.75) is 42.1 Å². The lowest BCUT2D eigenvalue weighted by molar-refractivity contribution is 0.310. The van der Waals surface area contributed by atoms with Crippen LogP contribution in [0.3, 0.4) is 0 Å². The van der Waals surface area contributed by atoms with Crippen LogP contribution in [0.2, 0.25) is 5.02 Å². The molecule has 0 radical (unpaired) electrons. The molecule has 0 saturated carbocycles. The number of hydrogen-bond donors (Lipinski definition) is 0. The van der Waals surface area contributed by atoms with Crippen molar-refractivity contribution in [3.05, 3.63) is 77.6 Å². The van der Waals surface area contributed by atoms with E-state index in [1.54, 1.807) is 54.2 Å². The molecule has 0 aliphatic heterocycles. The summed E-state index contributed by atoms with van der Waals surface area (Å²) >= 11 is 7.42. The zero-order chi connectivity index (χ0) is 23.0. The van der Waals surface area contributed by atoms with Crippen molar-refractivity contribution in [2.75, 3.05) is 12.4 Å². The van der Waals surface area contributed by atoms with Crippen LogP contribution in [0, 0.1) is 6.92 Å². The van der Waals surface area contributed by atoms with Gasteiger partial charge in [0.25, 0.3) is 0 Å². The Bertz CT molecular complexity index is 1130. The Labute approximate surface area is 198 Å². The van der Waals surface area contributed by atoms with Gasteiger partial charge in [-0.15, -0.1) is 16.8 Å². The van der Waals surface area contributed by atoms with Crippen molar-refractivity contribution in [1.29, 1.82) is 0 Å². The molecule has 6 nitrogen and oxygen atoms in total. The Morgan fingerprint density at radius 1 is 1.09 bits per heavy atom. The van der Waals surface area contributed by atoms with Gasteiger partial charge in [0.15, 0.2) is 15.0 Å². The van der Waals surface area contributed by atoms with E-state index in [0.29, 0.717) is 29.2 Å². The summed E-state index contributed by atoms with van der Waals surface area (Å²) in [6.07, 6.45) is 3.53. The average Bonchev–Trinajstić information content (AvgIpc) is 3.13. The SMILES string of the molecule is C=CCn1c(CS(=O)(=O)c2ccc(C)cc2)nnc1SCCCCOc1ccc(Cl)cc1. The van der Waals surface area contributed by atoms with Crippen molar-refractivity contribution in [3.8, 4) is 5.75 Å². The van der Waals surface area contributed by atoms with Gasteiger partial charge in [-0.1, -0.05) is 47.1 Å². The van der Waals surface area contributed by atoms with Crippen molar-refractivity contribution in [2.24, 2.45) is 0 Å². The summed E-state index contributed by atoms with van der Waals surface area (Å²) in [4.78, 5) is 0.283. The van der Waals surface area contributed by atoms with Gasteiger partial charge in [-0.3, -0.25) is 0 Å². The summed E-state index contributed by atoms with van der Waals surface area (Å²) in [5, 5.41) is 9.75. The average molecular weight is 492 g/mol. The van der Waals surface area contributed by atoms with Crippen LogP contribution < -0.4 is 4.74 Å². The standard InChI is InChI=1S/C23H26ClN3O3S2/c1-3-14-27-22(17-32(28,29)21-12-6-18(2)7-13-21)25-26-23(27)31-16-5-4-15-30-20-10-8-19(24)9-11-20/h3,6-13H,1,4-5,14-17H2,2H3. The Kier molecular flexibility index (Phi) is 8.78. The molecule has 9 heteroatoms. The monoisotopic (exact) mass is 491 g/mol. The van der Waals surface area contributed by atoms with Gasteiger partial charge in [-0.05, 0) is 56.2 Å². The molecule has 0 unspecified atom stereocenters. The third kappa shape index (κ3) is 6.85. The maximum atomic E-state index is 12.8. The topological polar surface area (TPSA) is 74.1 Å². The lowest BCUT2D eigenvalue weighted by Crippen LogP contribution is -2.11. The van der Waals surface area contributed by atoms with Gasteiger partial charge in [0, 0.05) is 17.3 Å². The number of nitrogens with zero attached hydrogens (tertiary/aromatic N) is 3. The van der Waals surface area contributed by atoms with Crippen LogP contribution in [0.25, 0.3) is 0 Å². The first-order valence-corrected chi connectivity index (χ1v) is 13.2. The second-order valence-corrected chi connectivity index (χ2v) is 10.7. The minimum atomic E-state index is -3.51. The van der Waals surface area contributed by atoms with E-state index in [0.717, 1.165) is 29.9 Å². The highest BCUT2D eigenvalue weighted by molar-refractivity contribution is 7.99. The predicted molar refractivity (Wildman–Crippen MR) is 129 cm³/mol. The molecule has 2 aromatic carbocycles. The summed E-state index contributed by atoms with van der Waals surface area (Å²) in [7, 11) is -3.51. The second kappa shape index (κ2) is 11.5. The maximum absolute atomic E-state index is 12.8. The number of aromatic nitrogens is 3. The molecule has 0 amide bonds. The van der Waals surface area contributed by atoms with E-state index in [1.165, 1.54) is 0 Å². The van der Waals surface area contributed by atoms with E-state index >= 15 is 0 Å². The first-order valence-electron chi connectivity index (χ1n) is 10.2. The zero-order valence-corrected chi connectivity index (χ0v) is 20.3. The van der Waals surface area contributed by atoms with E-state index in [4.69, 9.17) is 16.3 Å². The molecular formula is C23H26ClN3O3S2. The molecule has 0 aliphatic rings. The number of ether oxygens (including phenoxy) is 1. The molecule has 0 aliphatic carbocycles. The number of thioether (sulfide) groups is 1. The number of allylic oxidation sites excluding steroid dienone is 1. The molecule has 170 valence electrons. The fourth-order valence-corrected chi connectivity index (χ4v) is 5.29. The highest BCUT2D eigenvalue weighted by Crippen LogP contribution is 2.22. The Morgan fingerprint density at radius 3 is 2.50 bits per heavy atom. The van der Waals surface area contributed by atoms with Gasteiger partial charge in [0.1, 0.15) is 17.3 Å². The third-order valence-corrected chi connectivity index (χ3v) is 7.59. The number of halogens is 1. The second-order valence-electron chi connectivity index (χ2n) is 7.23. The minimum absolute atomic E-state index is 0.202. The number of sulfone groups is 1. The van der Waals surface area contributed by atoms with E-state index in [2.05, 4.69) is 16.8 Å². The molecule has 0 saturated heterocycles. The fourth-order valence-electron chi connectivity index (χ4n) is 2.93. The van der Waals surface area contributed by atoms with Gasteiger partial charge < -0.3 is 9.30 Å². The van der Waals surface area contributed by atoms with E-state index in [1.807, 2.05) is 23.6 Å². The summed E-state index contributed by atoms with van der Waals surface area (Å²) in [5.41, 5.74) is 1.01. The van der Waals surface area contributed by atoms with Crippen molar-refractivity contribution in [3.63, 3.8) is 0 Å². The number of benzene rings is 2. The highest BCUT2D eigenvalue weighted by atomic mass is 35.5. The first-order chi connectivity index (χ1) is 15.4. The van der Waals surface area contributed by atoms with Crippen LogP contribution in [0.1, 0.15) is 24.2 Å². The Balaban J connectivity index is 1.54. The molecule has 0 fully saturated rings. The van der Waals surface area contributed by atoms with Crippen molar-refractivity contribution >= 4 is 33.2 Å². The van der Waals surface area contributed by atoms with Crippen molar-refractivity contribution < 1.29 is 13.2 Å². The maximum Gasteiger partial charge on any atom is 0.191 e. The zero-order valence-electron chi connectivity index (χ0n) is 17.9. The van der Waals surface area contributed by atoms with Crippen LogP contribution >= 0.6 is 23.4 Å². The normalized spacial score (nSPS) is 11.4. The summed E-state index contributed by atoms with van der Waals surface area (Å²) in [6.45, 7) is 6.76. The molecule has 32 heavy (non-hydrogen) atoms. The summed E-state index contributed by atoms with van der Waals surface area (Å²) in [6, 6.07) is 14.1. The van der Waals surface area contributed by atoms with Crippen LogP contribution in [0.5, 0.6) is 5.75 Å². The number of unbranched alkanes of at least 4 members (excludes halogenated alkanes) is 1. The number of hydrogen-bond acceptors (Lipinski definition) is 6. The number of aryl methyl sites for hydroxylation is 1. The van der Waals surface area contributed by atoms with Crippen LogP contribution in [-0.2, 0) is 22.1 Å². The third-order valence-electron chi connectivity index (χ3n) is 4.66. The van der Waals surface area contributed by atoms with Gasteiger partial charge in [-0.2, -0.15) is 0 Å². The molecule has 3 rings (SSSR count). The predicted octanol–water partition coefficient (Wildman–Crippen LogP) is 5.35. The van der Waals surface area contributed by atoms with Crippen LogP contribution in [-0.4, -0.2) is 35.5 Å². The van der Waals surface area contributed by atoms with Crippen LogP contribution in [0.4, 0.5) is 0 Å². The van der Waals surface area contributed by atoms with Crippen molar-refractivity contribution in [1.82, 2.24) is 14.8 Å². The quantitative estimate of drug-likeness (QED) is 0.193. The lowest BCUT2D eigenvalue weighted by Gasteiger charge is -2.09. The molecule has 0 spiro atoms.